The van der Waals surface area contributed by atoms with Gasteiger partial charge in [-0.15, -0.1) is 0 Å². The van der Waals surface area contributed by atoms with Crippen LogP contribution in [0, 0.1) is 0 Å². The number of fused-ring (bicyclic) bond motifs is 2. The summed E-state index contributed by atoms with van der Waals surface area (Å²) in [5.41, 5.74) is 1.94. The molecule has 1 atom stereocenters. The molecule has 1 aromatic carbocycles. The van der Waals surface area contributed by atoms with E-state index in [1.54, 1.807) is 16.7 Å². The summed E-state index contributed by atoms with van der Waals surface area (Å²) < 4.78 is 5.48. The van der Waals surface area contributed by atoms with Gasteiger partial charge in [-0.3, -0.25) is 29.5 Å². The van der Waals surface area contributed by atoms with E-state index in [1.165, 1.54) is 0 Å². The van der Waals surface area contributed by atoms with Crippen molar-refractivity contribution in [2.24, 2.45) is 0 Å². The van der Waals surface area contributed by atoms with Crippen molar-refractivity contribution in [3.8, 4) is 0 Å². The first-order chi connectivity index (χ1) is 19.8. The Labute approximate surface area is 254 Å². The van der Waals surface area contributed by atoms with Gasteiger partial charge in [-0.05, 0) is 59.1 Å². The highest BCUT2D eigenvalue weighted by molar-refractivity contribution is 6.16. The maximum atomic E-state index is 13.7. The van der Waals surface area contributed by atoms with Crippen LogP contribution in [0.4, 0.5) is 16.2 Å². The number of ether oxygens (including phenoxy) is 1. The van der Waals surface area contributed by atoms with E-state index in [4.69, 9.17) is 4.74 Å². The van der Waals surface area contributed by atoms with Crippen LogP contribution in [0.1, 0.15) is 79.7 Å². The maximum absolute atomic E-state index is 13.7. The number of ketones is 1. The van der Waals surface area contributed by atoms with Crippen LogP contribution in [0.5, 0.6) is 0 Å². The van der Waals surface area contributed by atoms with Gasteiger partial charge >= 0.3 is 6.09 Å². The van der Waals surface area contributed by atoms with Crippen LogP contribution in [0.15, 0.2) is 18.2 Å². The fourth-order valence-electron chi connectivity index (χ4n) is 6.25. The second-order valence-corrected chi connectivity index (χ2v) is 13.0. The predicted molar refractivity (Wildman–Crippen MR) is 164 cm³/mol. The van der Waals surface area contributed by atoms with E-state index in [0.29, 0.717) is 32.0 Å². The molecular weight excluding hydrogens is 550 g/mol. The normalized spacial score (nSPS) is 23.0. The van der Waals surface area contributed by atoms with Gasteiger partial charge in [-0.1, -0.05) is 20.4 Å². The molecule has 4 heterocycles. The Bertz CT molecular complexity index is 1270. The maximum Gasteiger partial charge on any atom is 0.410 e. The molecule has 1 spiro atoms. The van der Waals surface area contributed by atoms with Crippen molar-refractivity contribution >= 4 is 41.0 Å². The van der Waals surface area contributed by atoms with E-state index in [1.807, 2.05) is 39.8 Å². The number of hydrogen-bond acceptors (Lipinski definition) is 8. The summed E-state index contributed by atoms with van der Waals surface area (Å²) in [6.45, 7) is 13.9. The summed E-state index contributed by atoms with van der Waals surface area (Å²) >= 11 is 0. The standard InChI is InChI=1S/C27H35N5O5.C4H8O.CH4/c1-26(2,3)37-25(36)31-15-17(16-31)29-11-13-30(14-12-29)18-5-4-6-19-22(18)27(9-10-27)24(35)32(19)20-7-8-21(33)28-23(20)34;1-3-4(2)5;/h4-6,17,20H,7-16H2,1-3H3,(H,28,33,34);3H2,1-2H3;1H4. The Morgan fingerprint density at radius 2 is 1.63 bits per heavy atom. The molecule has 1 saturated carbocycles. The molecule has 1 N–H and O–H groups in total. The highest BCUT2D eigenvalue weighted by atomic mass is 16.6. The average Bonchev–Trinajstić information content (AvgIpc) is 3.66. The molecule has 0 bridgehead atoms. The number of carbonyl (C=O) groups is 5. The molecule has 3 saturated heterocycles. The van der Waals surface area contributed by atoms with Gasteiger partial charge in [0.25, 0.3) is 0 Å². The number of nitrogens with zero attached hydrogens (tertiary/aromatic N) is 4. The Morgan fingerprint density at radius 3 is 2.16 bits per heavy atom. The lowest BCUT2D eigenvalue weighted by molar-refractivity contribution is -0.135. The van der Waals surface area contributed by atoms with Crippen LogP contribution in [0.2, 0.25) is 0 Å². The minimum Gasteiger partial charge on any atom is -0.444 e. The van der Waals surface area contributed by atoms with Gasteiger partial charge in [-0.2, -0.15) is 0 Å². The monoisotopic (exact) mass is 597 g/mol. The molecule has 4 amide bonds. The molecule has 1 unspecified atom stereocenters. The third kappa shape index (κ3) is 6.41. The number of piperidine rings is 1. The Hall–Kier alpha value is -3.47. The first-order valence-electron chi connectivity index (χ1n) is 15.1. The topological polar surface area (TPSA) is 120 Å². The number of likely N-dealkylation sites (tertiary alicyclic amines) is 1. The fraction of sp³-hybridized carbons (Fsp3) is 0.656. The van der Waals surface area contributed by atoms with E-state index in [9.17, 15) is 24.0 Å². The molecule has 0 radical (unpaired) electrons. The van der Waals surface area contributed by atoms with Gasteiger partial charge in [0.2, 0.25) is 17.7 Å². The Balaban J connectivity index is 0.000000654. The van der Waals surface area contributed by atoms with Crippen molar-refractivity contribution in [1.29, 1.82) is 0 Å². The molecule has 236 valence electrons. The van der Waals surface area contributed by atoms with Gasteiger partial charge in [-0.25, -0.2) is 4.79 Å². The number of hydrogen-bond donors (Lipinski definition) is 1. The van der Waals surface area contributed by atoms with E-state index < -0.39 is 17.1 Å². The molecule has 43 heavy (non-hydrogen) atoms. The molecule has 11 nitrogen and oxygen atoms in total. The predicted octanol–water partition coefficient (Wildman–Crippen LogP) is 3.23. The number of carbonyl (C=O) groups excluding carboxylic acids is 5. The average molecular weight is 598 g/mol. The number of imide groups is 1. The molecule has 1 aliphatic carbocycles. The largest absolute Gasteiger partial charge is 0.444 e. The smallest absolute Gasteiger partial charge is 0.410 e. The van der Waals surface area contributed by atoms with Crippen LogP contribution in [0.3, 0.4) is 0 Å². The summed E-state index contributed by atoms with van der Waals surface area (Å²) in [6, 6.07) is 5.73. The third-order valence-corrected chi connectivity index (χ3v) is 8.84. The zero-order chi connectivity index (χ0) is 30.4. The first kappa shape index (κ1) is 32.4. The van der Waals surface area contributed by atoms with Gasteiger partial charge in [0.15, 0.2) is 0 Å². The van der Waals surface area contributed by atoms with Crippen LogP contribution < -0.4 is 15.1 Å². The lowest BCUT2D eigenvalue weighted by atomic mass is 9.95. The van der Waals surface area contributed by atoms with Crippen molar-refractivity contribution in [3.63, 3.8) is 0 Å². The van der Waals surface area contributed by atoms with E-state index in [-0.39, 0.29) is 43.4 Å². The third-order valence-electron chi connectivity index (χ3n) is 8.84. The molecule has 4 aliphatic heterocycles. The number of nitrogens with one attached hydrogen (secondary N) is 1. The molecular formula is C32H47N5O6. The summed E-state index contributed by atoms with van der Waals surface area (Å²) in [5.74, 6) is -0.403. The molecule has 0 aromatic heterocycles. The Kier molecular flexibility index (Phi) is 9.25. The number of piperazine rings is 1. The second-order valence-electron chi connectivity index (χ2n) is 13.0. The number of anilines is 2. The molecule has 4 fully saturated rings. The van der Waals surface area contributed by atoms with Crippen molar-refractivity contribution in [3.05, 3.63) is 23.8 Å². The summed E-state index contributed by atoms with van der Waals surface area (Å²) in [4.78, 5) is 68.3. The van der Waals surface area contributed by atoms with Crippen LogP contribution in [-0.4, -0.2) is 96.4 Å². The SMILES string of the molecule is C.CC(C)(C)OC(=O)N1CC(N2CCN(c3cccc4c3C3(CC3)C(=O)N4C3CCC(=O)NC3=O)CC2)C1.CCC(C)=O. The number of benzene rings is 1. The van der Waals surface area contributed by atoms with Crippen molar-refractivity contribution < 1.29 is 28.7 Å². The zero-order valence-corrected chi connectivity index (χ0v) is 25.4. The summed E-state index contributed by atoms with van der Waals surface area (Å²) in [7, 11) is 0. The highest BCUT2D eigenvalue weighted by Gasteiger charge is 2.62. The van der Waals surface area contributed by atoms with E-state index in [2.05, 4.69) is 21.2 Å². The number of rotatable bonds is 4. The van der Waals surface area contributed by atoms with Gasteiger partial charge in [0.1, 0.15) is 17.4 Å². The quantitative estimate of drug-likeness (QED) is 0.526. The highest BCUT2D eigenvalue weighted by Crippen LogP contribution is 2.60. The number of Topliss-reactive ketones (excluding diaryl/α,β-unsaturated/α-hetero) is 1. The van der Waals surface area contributed by atoms with Crippen LogP contribution in [0.25, 0.3) is 0 Å². The lowest BCUT2D eigenvalue weighted by Gasteiger charge is -2.48. The van der Waals surface area contributed by atoms with Gasteiger partial charge in [0.05, 0.1) is 11.1 Å². The summed E-state index contributed by atoms with van der Waals surface area (Å²) in [5, 5.41) is 2.41. The molecule has 11 heteroatoms. The van der Waals surface area contributed by atoms with Crippen molar-refractivity contribution in [1.82, 2.24) is 15.1 Å². The second kappa shape index (κ2) is 12.3. The fourth-order valence-corrected chi connectivity index (χ4v) is 6.25. The zero-order valence-electron chi connectivity index (χ0n) is 25.4. The minimum absolute atomic E-state index is 0. The summed E-state index contributed by atoms with van der Waals surface area (Å²) in [6.07, 6.45) is 2.61. The Morgan fingerprint density at radius 1 is 1.02 bits per heavy atom. The van der Waals surface area contributed by atoms with Crippen molar-refractivity contribution in [2.75, 3.05) is 49.1 Å². The van der Waals surface area contributed by atoms with Gasteiger partial charge < -0.3 is 19.3 Å². The number of amides is 4. The van der Waals surface area contributed by atoms with E-state index >= 15 is 0 Å². The lowest BCUT2D eigenvalue weighted by Crippen LogP contribution is -2.64. The first-order valence-corrected chi connectivity index (χ1v) is 15.1. The minimum atomic E-state index is -0.637. The van der Waals surface area contributed by atoms with Gasteiger partial charge in [0, 0.05) is 69.4 Å². The molecule has 1 aromatic rings. The van der Waals surface area contributed by atoms with Crippen LogP contribution in [-0.2, 0) is 29.3 Å². The molecule has 6 rings (SSSR count). The van der Waals surface area contributed by atoms with Crippen LogP contribution >= 0.6 is 0 Å². The van der Waals surface area contributed by atoms with Crippen molar-refractivity contribution in [2.45, 2.75) is 97.2 Å². The van der Waals surface area contributed by atoms with E-state index in [0.717, 1.165) is 56.0 Å². The molecule has 5 aliphatic rings.